The minimum absolute atomic E-state index is 0.164. The van der Waals surface area contributed by atoms with Gasteiger partial charge in [0.1, 0.15) is 5.82 Å². The molecule has 0 saturated carbocycles. The molecule has 0 aromatic carbocycles. The molecule has 0 radical (unpaired) electrons. The topological polar surface area (TPSA) is 53.3 Å². The minimum Gasteiger partial charge on any atom is -0.394 e. The third-order valence-corrected chi connectivity index (χ3v) is 3.33. The van der Waals surface area contributed by atoms with Gasteiger partial charge in [0.05, 0.1) is 13.2 Å². The second-order valence-electron chi connectivity index (χ2n) is 5.19. The highest BCUT2D eigenvalue weighted by atomic mass is 16.3. The van der Waals surface area contributed by atoms with Gasteiger partial charge in [-0.25, -0.2) is 4.98 Å². The van der Waals surface area contributed by atoms with E-state index in [1.54, 1.807) is 0 Å². The number of hydrogen-bond donors (Lipinski definition) is 2. The summed E-state index contributed by atoms with van der Waals surface area (Å²) in [5.41, 5.74) is -0.190. The summed E-state index contributed by atoms with van der Waals surface area (Å²) in [6.07, 6.45) is 4.69. The molecule has 1 aromatic rings. The van der Waals surface area contributed by atoms with Crippen LogP contribution in [0.3, 0.4) is 0 Å². The number of hydrogen-bond acceptors (Lipinski definition) is 4. The number of aryl methyl sites for hydroxylation is 1. The number of rotatable bonds is 8. The smallest absolute Gasteiger partial charge is 0.122 e. The van der Waals surface area contributed by atoms with E-state index in [-0.39, 0.29) is 12.1 Å². The van der Waals surface area contributed by atoms with Gasteiger partial charge in [-0.1, -0.05) is 6.92 Å². The van der Waals surface area contributed by atoms with Gasteiger partial charge in [-0.2, -0.15) is 0 Å². The maximum absolute atomic E-state index is 9.43. The SMILES string of the molecule is CCNC(C)(CO)CCN(C)Cc1nccn1C. The highest BCUT2D eigenvalue weighted by molar-refractivity contribution is 4.91. The van der Waals surface area contributed by atoms with E-state index in [2.05, 4.69) is 36.1 Å². The summed E-state index contributed by atoms with van der Waals surface area (Å²) in [6, 6.07) is 0. The van der Waals surface area contributed by atoms with Crippen LogP contribution in [0.25, 0.3) is 0 Å². The Bertz CT molecular complexity index is 353. The number of nitrogens with zero attached hydrogens (tertiary/aromatic N) is 3. The van der Waals surface area contributed by atoms with E-state index in [1.165, 1.54) is 0 Å². The Morgan fingerprint density at radius 2 is 2.28 bits per heavy atom. The Balaban J connectivity index is 2.41. The van der Waals surface area contributed by atoms with Crippen LogP contribution in [0.4, 0.5) is 0 Å². The third kappa shape index (κ3) is 4.40. The summed E-state index contributed by atoms with van der Waals surface area (Å²) in [7, 11) is 4.09. The van der Waals surface area contributed by atoms with Crippen LogP contribution in [0, 0.1) is 0 Å². The van der Waals surface area contributed by atoms with Gasteiger partial charge in [0.15, 0.2) is 0 Å². The molecule has 5 nitrogen and oxygen atoms in total. The summed E-state index contributed by atoms with van der Waals surface area (Å²) >= 11 is 0. The molecule has 0 aliphatic heterocycles. The number of likely N-dealkylation sites (N-methyl/N-ethyl adjacent to an activating group) is 1. The van der Waals surface area contributed by atoms with Crippen molar-refractivity contribution in [2.75, 3.05) is 26.7 Å². The first kappa shape index (κ1) is 15.1. The molecule has 0 amide bonds. The second kappa shape index (κ2) is 6.87. The lowest BCUT2D eigenvalue weighted by Gasteiger charge is -2.30. The lowest BCUT2D eigenvalue weighted by molar-refractivity contribution is 0.151. The standard InChI is InChI=1S/C13H26N4O/c1-5-15-13(2,11-18)6-8-16(3)10-12-14-7-9-17(12)4/h7,9,15,18H,5-6,8,10-11H2,1-4H3. The zero-order chi connectivity index (χ0) is 13.6. The molecule has 104 valence electrons. The van der Waals surface area contributed by atoms with Crippen molar-refractivity contribution in [1.29, 1.82) is 0 Å². The van der Waals surface area contributed by atoms with Gasteiger partial charge in [0, 0.05) is 31.5 Å². The molecule has 0 bridgehead atoms. The van der Waals surface area contributed by atoms with Crippen LogP contribution in [0.1, 0.15) is 26.1 Å². The fourth-order valence-corrected chi connectivity index (χ4v) is 1.96. The molecule has 1 rings (SSSR count). The number of aromatic nitrogens is 2. The molecule has 2 N–H and O–H groups in total. The first-order chi connectivity index (χ1) is 8.50. The van der Waals surface area contributed by atoms with Gasteiger partial charge in [0.25, 0.3) is 0 Å². The molecule has 1 heterocycles. The number of aliphatic hydroxyl groups excluding tert-OH is 1. The van der Waals surface area contributed by atoms with Crippen LogP contribution in [0.15, 0.2) is 12.4 Å². The van der Waals surface area contributed by atoms with Crippen molar-refractivity contribution in [1.82, 2.24) is 19.8 Å². The van der Waals surface area contributed by atoms with Crippen molar-refractivity contribution in [2.45, 2.75) is 32.4 Å². The molecule has 0 fully saturated rings. The average Bonchev–Trinajstić information content (AvgIpc) is 2.73. The van der Waals surface area contributed by atoms with Crippen LogP contribution in [0.2, 0.25) is 0 Å². The largest absolute Gasteiger partial charge is 0.394 e. The van der Waals surface area contributed by atoms with E-state index in [4.69, 9.17) is 0 Å². The fourth-order valence-electron chi connectivity index (χ4n) is 1.96. The second-order valence-corrected chi connectivity index (χ2v) is 5.19. The Kier molecular flexibility index (Phi) is 5.78. The predicted molar refractivity (Wildman–Crippen MR) is 73.3 cm³/mol. The van der Waals surface area contributed by atoms with Gasteiger partial charge in [-0.3, -0.25) is 4.90 Å². The molecule has 0 aliphatic carbocycles. The van der Waals surface area contributed by atoms with Crippen molar-refractivity contribution in [2.24, 2.45) is 7.05 Å². The molecular formula is C13H26N4O. The van der Waals surface area contributed by atoms with Gasteiger partial charge in [-0.15, -0.1) is 0 Å². The summed E-state index contributed by atoms with van der Waals surface area (Å²) in [4.78, 5) is 6.54. The summed E-state index contributed by atoms with van der Waals surface area (Å²) in [5.74, 6) is 1.06. The maximum atomic E-state index is 9.43. The summed E-state index contributed by atoms with van der Waals surface area (Å²) in [6.45, 7) is 6.92. The van der Waals surface area contributed by atoms with E-state index >= 15 is 0 Å². The Hall–Kier alpha value is -0.910. The molecule has 0 spiro atoms. The number of aliphatic hydroxyl groups is 1. The summed E-state index contributed by atoms with van der Waals surface area (Å²) < 4.78 is 2.03. The summed E-state index contributed by atoms with van der Waals surface area (Å²) in [5, 5.41) is 12.8. The van der Waals surface area contributed by atoms with Crippen molar-refractivity contribution < 1.29 is 5.11 Å². The zero-order valence-electron chi connectivity index (χ0n) is 12.0. The van der Waals surface area contributed by atoms with E-state index in [0.717, 1.165) is 31.9 Å². The molecule has 0 saturated heterocycles. The highest BCUT2D eigenvalue weighted by Crippen LogP contribution is 2.10. The van der Waals surface area contributed by atoms with Crippen molar-refractivity contribution in [3.8, 4) is 0 Å². The van der Waals surface area contributed by atoms with Crippen LogP contribution in [-0.2, 0) is 13.6 Å². The molecular weight excluding hydrogens is 228 g/mol. The molecule has 0 aliphatic rings. The van der Waals surface area contributed by atoms with E-state index in [1.807, 2.05) is 24.0 Å². The average molecular weight is 254 g/mol. The predicted octanol–water partition coefficient (Wildman–Crippen LogP) is 0.602. The third-order valence-electron chi connectivity index (χ3n) is 3.33. The first-order valence-corrected chi connectivity index (χ1v) is 6.51. The molecule has 1 unspecified atom stereocenters. The van der Waals surface area contributed by atoms with Gasteiger partial charge in [-0.05, 0) is 26.9 Å². The minimum atomic E-state index is -0.190. The highest BCUT2D eigenvalue weighted by Gasteiger charge is 2.22. The molecule has 1 aromatic heterocycles. The van der Waals surface area contributed by atoms with Crippen LogP contribution < -0.4 is 5.32 Å². The van der Waals surface area contributed by atoms with Crippen molar-refractivity contribution >= 4 is 0 Å². The van der Waals surface area contributed by atoms with Crippen LogP contribution in [-0.4, -0.2) is 51.8 Å². The number of imidazole rings is 1. The van der Waals surface area contributed by atoms with Gasteiger partial charge in [0.2, 0.25) is 0 Å². The van der Waals surface area contributed by atoms with Crippen LogP contribution >= 0.6 is 0 Å². The lowest BCUT2D eigenvalue weighted by atomic mass is 9.99. The zero-order valence-corrected chi connectivity index (χ0v) is 12.0. The fraction of sp³-hybridized carbons (Fsp3) is 0.769. The van der Waals surface area contributed by atoms with E-state index in [9.17, 15) is 5.11 Å². The van der Waals surface area contributed by atoms with E-state index < -0.39 is 0 Å². The van der Waals surface area contributed by atoms with Gasteiger partial charge < -0.3 is 15.0 Å². The Morgan fingerprint density at radius 3 is 2.78 bits per heavy atom. The van der Waals surface area contributed by atoms with Crippen molar-refractivity contribution in [3.63, 3.8) is 0 Å². The van der Waals surface area contributed by atoms with Gasteiger partial charge >= 0.3 is 0 Å². The first-order valence-electron chi connectivity index (χ1n) is 6.51. The molecule has 18 heavy (non-hydrogen) atoms. The molecule has 5 heteroatoms. The maximum Gasteiger partial charge on any atom is 0.122 e. The van der Waals surface area contributed by atoms with Crippen molar-refractivity contribution in [3.05, 3.63) is 18.2 Å². The monoisotopic (exact) mass is 254 g/mol. The van der Waals surface area contributed by atoms with Crippen LogP contribution in [0.5, 0.6) is 0 Å². The normalized spacial score (nSPS) is 15.0. The van der Waals surface area contributed by atoms with E-state index in [0.29, 0.717) is 0 Å². The Labute approximate surface area is 110 Å². The molecule has 1 atom stereocenters. The number of nitrogens with one attached hydrogen (secondary N) is 1. The quantitative estimate of drug-likeness (QED) is 0.713. The Morgan fingerprint density at radius 1 is 1.56 bits per heavy atom. The lowest BCUT2D eigenvalue weighted by Crippen LogP contribution is -2.47.